The summed E-state index contributed by atoms with van der Waals surface area (Å²) in [5.41, 5.74) is 8.02. The maximum Gasteiger partial charge on any atom is 0.163 e. The van der Waals surface area contributed by atoms with E-state index in [1.165, 1.54) is 4.88 Å². The van der Waals surface area contributed by atoms with Crippen molar-refractivity contribution in [3.05, 3.63) is 35.0 Å². The van der Waals surface area contributed by atoms with Crippen molar-refractivity contribution in [2.24, 2.45) is 0 Å². The maximum absolute atomic E-state index is 6.00. The predicted molar refractivity (Wildman–Crippen MR) is 74.5 cm³/mol. The number of hydrogen-bond donors (Lipinski definition) is 1. The molecule has 0 fully saturated rings. The predicted octanol–water partition coefficient (Wildman–Crippen LogP) is 2.95. The molecule has 0 unspecified atom stereocenters. The summed E-state index contributed by atoms with van der Waals surface area (Å²) in [6.07, 6.45) is 3.55. The van der Waals surface area contributed by atoms with Crippen LogP contribution in [-0.2, 0) is 0 Å². The lowest BCUT2D eigenvalue weighted by molar-refractivity contribution is 1.20. The van der Waals surface area contributed by atoms with E-state index < -0.39 is 0 Å². The highest BCUT2D eigenvalue weighted by molar-refractivity contribution is 7.18. The highest BCUT2D eigenvalue weighted by Crippen LogP contribution is 2.30. The van der Waals surface area contributed by atoms with Crippen molar-refractivity contribution in [3.63, 3.8) is 0 Å². The lowest BCUT2D eigenvalue weighted by atomic mass is 10.1. The van der Waals surface area contributed by atoms with Crippen molar-refractivity contribution >= 4 is 27.4 Å². The Labute approximate surface area is 109 Å². The van der Waals surface area contributed by atoms with Crippen molar-refractivity contribution in [2.45, 2.75) is 13.8 Å². The maximum atomic E-state index is 6.00. The smallest absolute Gasteiger partial charge is 0.163 e. The van der Waals surface area contributed by atoms with Gasteiger partial charge in [0, 0.05) is 22.8 Å². The average Bonchev–Trinajstić information content (AvgIpc) is 2.71. The summed E-state index contributed by atoms with van der Waals surface area (Å²) in [5.74, 6) is 1.21. The number of aryl methyl sites for hydroxylation is 2. The fourth-order valence-electron chi connectivity index (χ4n) is 1.91. The molecule has 0 saturated carbocycles. The minimum Gasteiger partial charge on any atom is -0.383 e. The molecule has 3 aromatic rings. The second kappa shape index (κ2) is 4.03. The number of nitrogens with two attached hydrogens (primary N) is 1. The van der Waals surface area contributed by atoms with Gasteiger partial charge in [0.25, 0.3) is 0 Å². The first-order chi connectivity index (χ1) is 8.65. The molecule has 3 rings (SSSR count). The zero-order valence-electron chi connectivity index (χ0n) is 10.1. The van der Waals surface area contributed by atoms with E-state index in [2.05, 4.69) is 15.0 Å². The zero-order valence-corrected chi connectivity index (χ0v) is 11.0. The summed E-state index contributed by atoms with van der Waals surface area (Å²) in [7, 11) is 0. The lowest BCUT2D eigenvalue weighted by Gasteiger charge is -2.04. The van der Waals surface area contributed by atoms with Gasteiger partial charge in [-0.2, -0.15) is 0 Å². The van der Waals surface area contributed by atoms with E-state index in [1.54, 1.807) is 23.7 Å². The molecule has 0 saturated heterocycles. The van der Waals surface area contributed by atoms with Crippen LogP contribution in [0.2, 0.25) is 0 Å². The van der Waals surface area contributed by atoms with Crippen LogP contribution in [0.15, 0.2) is 24.5 Å². The Morgan fingerprint density at radius 1 is 1.22 bits per heavy atom. The summed E-state index contributed by atoms with van der Waals surface area (Å²) >= 11 is 1.63. The van der Waals surface area contributed by atoms with E-state index >= 15 is 0 Å². The molecule has 0 aliphatic rings. The first-order valence-electron chi connectivity index (χ1n) is 5.60. The molecular weight excluding hydrogens is 244 g/mol. The van der Waals surface area contributed by atoms with Gasteiger partial charge < -0.3 is 5.73 Å². The fraction of sp³-hybridized carbons (Fsp3) is 0.154. The van der Waals surface area contributed by atoms with Crippen LogP contribution >= 0.6 is 11.3 Å². The fourth-order valence-corrected chi connectivity index (χ4v) is 2.80. The highest BCUT2D eigenvalue weighted by Gasteiger charge is 2.11. The van der Waals surface area contributed by atoms with Gasteiger partial charge >= 0.3 is 0 Å². The van der Waals surface area contributed by atoms with Gasteiger partial charge in [0.2, 0.25) is 0 Å². The zero-order chi connectivity index (χ0) is 12.7. The standard InChI is InChI=1S/C13H12N4S/c1-7-6-15-4-3-9(7)12-16-11(14)10-5-8(2)18-13(10)17-12/h3-6H,1-2H3,(H2,14,16,17). The van der Waals surface area contributed by atoms with Crippen LogP contribution < -0.4 is 5.73 Å². The Balaban J connectivity index is 2.28. The van der Waals surface area contributed by atoms with Crippen LogP contribution in [0.25, 0.3) is 21.6 Å². The number of anilines is 1. The van der Waals surface area contributed by atoms with E-state index in [-0.39, 0.29) is 0 Å². The molecular formula is C13H12N4S. The molecule has 2 N–H and O–H groups in total. The summed E-state index contributed by atoms with van der Waals surface area (Å²) in [6, 6.07) is 3.94. The molecule has 0 amide bonds. The molecule has 18 heavy (non-hydrogen) atoms. The molecule has 90 valence electrons. The number of thiophene rings is 1. The topological polar surface area (TPSA) is 64.7 Å². The highest BCUT2D eigenvalue weighted by atomic mass is 32.1. The summed E-state index contributed by atoms with van der Waals surface area (Å²) in [4.78, 5) is 15.2. The molecule has 0 aromatic carbocycles. The second-order valence-electron chi connectivity index (χ2n) is 4.20. The minimum absolute atomic E-state index is 0.538. The van der Waals surface area contributed by atoms with Gasteiger partial charge in [0.15, 0.2) is 5.82 Å². The number of nitrogen functional groups attached to an aromatic ring is 1. The van der Waals surface area contributed by atoms with E-state index in [0.717, 1.165) is 21.3 Å². The third-order valence-corrected chi connectivity index (χ3v) is 3.75. The Morgan fingerprint density at radius 2 is 2.06 bits per heavy atom. The Hall–Kier alpha value is -2.01. The number of fused-ring (bicyclic) bond motifs is 1. The number of aromatic nitrogens is 3. The molecule has 3 heterocycles. The number of nitrogens with zero attached hydrogens (tertiary/aromatic N) is 3. The van der Waals surface area contributed by atoms with E-state index in [4.69, 9.17) is 5.73 Å². The van der Waals surface area contributed by atoms with Gasteiger partial charge in [-0.1, -0.05) is 0 Å². The van der Waals surface area contributed by atoms with Crippen molar-refractivity contribution in [1.29, 1.82) is 0 Å². The molecule has 0 aliphatic heterocycles. The molecule has 0 bridgehead atoms. The molecule has 0 aliphatic carbocycles. The molecule has 3 aromatic heterocycles. The Morgan fingerprint density at radius 3 is 2.83 bits per heavy atom. The first kappa shape index (κ1) is 11.1. The normalized spacial score (nSPS) is 11.0. The van der Waals surface area contributed by atoms with Gasteiger partial charge in [0.05, 0.1) is 5.39 Å². The number of hydrogen-bond acceptors (Lipinski definition) is 5. The van der Waals surface area contributed by atoms with Crippen molar-refractivity contribution in [2.75, 3.05) is 5.73 Å². The van der Waals surface area contributed by atoms with Crippen LogP contribution in [0.3, 0.4) is 0 Å². The van der Waals surface area contributed by atoms with Gasteiger partial charge in [-0.15, -0.1) is 11.3 Å². The van der Waals surface area contributed by atoms with Crippen molar-refractivity contribution in [1.82, 2.24) is 15.0 Å². The number of pyridine rings is 1. The van der Waals surface area contributed by atoms with Crippen LogP contribution in [0.5, 0.6) is 0 Å². The van der Waals surface area contributed by atoms with Gasteiger partial charge in [-0.3, -0.25) is 4.98 Å². The molecule has 0 atom stereocenters. The van der Waals surface area contributed by atoms with Gasteiger partial charge in [0.1, 0.15) is 10.6 Å². The summed E-state index contributed by atoms with van der Waals surface area (Å²) < 4.78 is 0. The molecule has 5 heteroatoms. The third kappa shape index (κ3) is 1.73. The SMILES string of the molecule is Cc1cc2c(N)nc(-c3ccncc3C)nc2s1. The number of rotatable bonds is 1. The molecule has 4 nitrogen and oxygen atoms in total. The van der Waals surface area contributed by atoms with Gasteiger partial charge in [-0.05, 0) is 31.5 Å². The van der Waals surface area contributed by atoms with E-state index in [0.29, 0.717) is 11.6 Å². The van der Waals surface area contributed by atoms with Crippen molar-refractivity contribution < 1.29 is 0 Å². The van der Waals surface area contributed by atoms with E-state index in [1.807, 2.05) is 26.0 Å². The third-order valence-electron chi connectivity index (χ3n) is 2.81. The van der Waals surface area contributed by atoms with Gasteiger partial charge in [-0.25, -0.2) is 9.97 Å². The largest absolute Gasteiger partial charge is 0.383 e. The van der Waals surface area contributed by atoms with Crippen molar-refractivity contribution in [3.8, 4) is 11.4 Å². The monoisotopic (exact) mass is 256 g/mol. The van der Waals surface area contributed by atoms with E-state index in [9.17, 15) is 0 Å². The second-order valence-corrected chi connectivity index (χ2v) is 5.43. The first-order valence-corrected chi connectivity index (χ1v) is 6.41. The molecule has 0 spiro atoms. The average molecular weight is 256 g/mol. The summed E-state index contributed by atoms with van der Waals surface area (Å²) in [6.45, 7) is 4.04. The Kier molecular flexibility index (Phi) is 2.48. The quantitative estimate of drug-likeness (QED) is 0.727. The minimum atomic E-state index is 0.538. The van der Waals surface area contributed by atoms with Crippen LogP contribution in [-0.4, -0.2) is 15.0 Å². The van der Waals surface area contributed by atoms with Crippen LogP contribution in [0, 0.1) is 13.8 Å². The molecule has 0 radical (unpaired) electrons. The summed E-state index contributed by atoms with van der Waals surface area (Å²) in [5, 5.41) is 0.938. The van der Waals surface area contributed by atoms with Crippen LogP contribution in [0.1, 0.15) is 10.4 Å². The Bertz CT molecular complexity index is 733. The lowest BCUT2D eigenvalue weighted by Crippen LogP contribution is -1.97. The van der Waals surface area contributed by atoms with Crippen LogP contribution in [0.4, 0.5) is 5.82 Å².